The number of Topliss-reactive ketones (excluding diaryl/α,β-unsaturated/α-hetero) is 1. The van der Waals surface area contributed by atoms with Crippen molar-refractivity contribution < 1.29 is 38.1 Å². The molecular weight excluding hydrogens is 170 g/mol. The van der Waals surface area contributed by atoms with Crippen LogP contribution < -0.4 is 0 Å². The van der Waals surface area contributed by atoms with Crippen molar-refractivity contribution in [2.24, 2.45) is 0 Å². The van der Waals surface area contributed by atoms with Crippen LogP contribution in [0.5, 0.6) is 0 Å². The summed E-state index contributed by atoms with van der Waals surface area (Å²) in [6, 6.07) is 0. The quantitative estimate of drug-likeness (QED) is 0.493. The Balaban J connectivity index is -0.0000000450. The fraction of sp³-hybridized carbons (Fsp3) is 0.667. The molecule has 0 fully saturated rings. The average Bonchev–Trinajstić information content (AvgIpc) is 0.811. The van der Waals surface area contributed by atoms with Crippen LogP contribution in [0.15, 0.2) is 0 Å². The van der Waals surface area contributed by atoms with Crippen LogP contribution in [0.2, 0.25) is 0 Å². The van der Waals surface area contributed by atoms with Gasteiger partial charge >= 0.3 is 0 Å². The summed E-state index contributed by atoms with van der Waals surface area (Å²) in [7, 11) is 0. The van der Waals surface area contributed by atoms with Gasteiger partial charge in [-0.1, -0.05) is 0 Å². The standard InChI is InChI=1S/C3H6O.Co.Ni/c1-3(2)4;;/h1-2H3;;. The fourth-order valence-corrected chi connectivity index (χ4v) is 0. The van der Waals surface area contributed by atoms with Crippen LogP contribution in [0.3, 0.4) is 0 Å². The molecule has 0 saturated carbocycles. The van der Waals surface area contributed by atoms with Gasteiger partial charge in [0.25, 0.3) is 0 Å². The predicted octanol–water partition coefficient (Wildman–Crippen LogP) is 0.590. The number of carbonyl (C=O) groups excluding carboxylic acids is 1. The Kier molecular flexibility index (Phi) is 24.4. The van der Waals surface area contributed by atoms with Gasteiger partial charge in [-0.2, -0.15) is 0 Å². The molecule has 0 aliphatic rings. The zero-order chi connectivity index (χ0) is 3.58. The molecule has 0 spiro atoms. The molecule has 0 atom stereocenters. The smallest absolute Gasteiger partial charge is 0.126 e. The van der Waals surface area contributed by atoms with Crippen molar-refractivity contribution in [2.75, 3.05) is 0 Å². The van der Waals surface area contributed by atoms with E-state index in [0.717, 1.165) is 0 Å². The molecule has 0 bridgehead atoms. The molecule has 0 aromatic rings. The molecule has 0 saturated heterocycles. The first-order valence-corrected chi connectivity index (χ1v) is 1.20. The maximum atomic E-state index is 9.44. The van der Waals surface area contributed by atoms with E-state index < -0.39 is 0 Å². The Labute approximate surface area is 58.0 Å². The number of rotatable bonds is 0. The molecule has 43 valence electrons. The summed E-state index contributed by atoms with van der Waals surface area (Å²) in [4.78, 5) is 9.44. The van der Waals surface area contributed by atoms with Crippen molar-refractivity contribution in [3.05, 3.63) is 0 Å². The van der Waals surface area contributed by atoms with E-state index in [1.807, 2.05) is 0 Å². The van der Waals surface area contributed by atoms with Gasteiger partial charge < -0.3 is 4.79 Å². The van der Waals surface area contributed by atoms with E-state index in [0.29, 0.717) is 0 Å². The van der Waals surface area contributed by atoms with Crippen LogP contribution in [0.1, 0.15) is 13.8 Å². The van der Waals surface area contributed by atoms with Crippen LogP contribution >= 0.6 is 0 Å². The zero-order valence-electron chi connectivity index (χ0n) is 3.56. The molecule has 0 heterocycles. The SMILES string of the molecule is CC(C)=O.[Co].[Ni]. The molecule has 0 aromatic carbocycles. The summed E-state index contributed by atoms with van der Waals surface area (Å²) in [6.07, 6.45) is 0. The van der Waals surface area contributed by atoms with Gasteiger partial charge in [-0.25, -0.2) is 0 Å². The van der Waals surface area contributed by atoms with Crippen LogP contribution in [0.25, 0.3) is 0 Å². The number of carbonyl (C=O) groups is 1. The summed E-state index contributed by atoms with van der Waals surface area (Å²) in [5.41, 5.74) is 0. The molecule has 1 nitrogen and oxygen atoms in total. The van der Waals surface area contributed by atoms with Crippen molar-refractivity contribution in [3.63, 3.8) is 0 Å². The second kappa shape index (κ2) is 9.18. The van der Waals surface area contributed by atoms with E-state index in [2.05, 4.69) is 0 Å². The number of hydrogen-bond donors (Lipinski definition) is 0. The normalized spacial score (nSPS) is 4.33. The third-order valence-corrected chi connectivity index (χ3v) is 0. The van der Waals surface area contributed by atoms with Crippen LogP contribution in [0.4, 0.5) is 0 Å². The second-order valence-electron chi connectivity index (χ2n) is 0.908. The monoisotopic (exact) mass is 175 g/mol. The largest absolute Gasteiger partial charge is 0.300 e. The van der Waals surface area contributed by atoms with Gasteiger partial charge in [0.15, 0.2) is 0 Å². The summed E-state index contributed by atoms with van der Waals surface area (Å²) in [5.74, 6) is 0.167. The predicted molar refractivity (Wildman–Crippen MR) is 16.4 cm³/mol. The summed E-state index contributed by atoms with van der Waals surface area (Å²) >= 11 is 0. The Morgan fingerprint density at radius 2 is 1.33 bits per heavy atom. The van der Waals surface area contributed by atoms with Crippen molar-refractivity contribution in [1.29, 1.82) is 0 Å². The minimum atomic E-state index is 0. The topological polar surface area (TPSA) is 17.1 Å². The molecule has 0 unspecified atom stereocenters. The molecular formula is C3H6CoNiO. The molecule has 1 radical (unpaired) electrons. The van der Waals surface area contributed by atoms with Gasteiger partial charge in [-0.15, -0.1) is 0 Å². The van der Waals surface area contributed by atoms with Gasteiger partial charge in [0, 0.05) is 33.3 Å². The molecule has 0 N–H and O–H groups in total. The van der Waals surface area contributed by atoms with Gasteiger partial charge in [-0.3, -0.25) is 0 Å². The molecule has 0 aliphatic heterocycles. The summed E-state index contributed by atoms with van der Waals surface area (Å²) < 4.78 is 0. The van der Waals surface area contributed by atoms with E-state index in [9.17, 15) is 4.79 Å². The molecule has 3 heteroatoms. The molecule has 0 rings (SSSR count). The summed E-state index contributed by atoms with van der Waals surface area (Å²) in [6.45, 7) is 3.06. The van der Waals surface area contributed by atoms with E-state index >= 15 is 0 Å². The Morgan fingerprint density at radius 1 is 1.33 bits per heavy atom. The molecule has 0 amide bonds. The first-order valence-electron chi connectivity index (χ1n) is 1.20. The molecule has 0 aliphatic carbocycles. The average molecular weight is 176 g/mol. The van der Waals surface area contributed by atoms with Gasteiger partial charge in [0.2, 0.25) is 0 Å². The zero-order valence-corrected chi connectivity index (χ0v) is 5.59. The van der Waals surface area contributed by atoms with Crippen LogP contribution in [-0.4, -0.2) is 5.78 Å². The van der Waals surface area contributed by atoms with E-state index in [1.165, 1.54) is 13.8 Å². The van der Waals surface area contributed by atoms with Crippen LogP contribution in [-0.2, 0) is 38.1 Å². The first-order chi connectivity index (χ1) is 1.73. The first kappa shape index (κ1) is 15.9. The van der Waals surface area contributed by atoms with Crippen LogP contribution in [0, 0.1) is 0 Å². The van der Waals surface area contributed by atoms with Gasteiger partial charge in [-0.05, 0) is 13.8 Å². The second-order valence-corrected chi connectivity index (χ2v) is 0.908. The van der Waals surface area contributed by atoms with Crippen molar-refractivity contribution >= 4 is 5.78 Å². The van der Waals surface area contributed by atoms with Crippen molar-refractivity contribution in [3.8, 4) is 0 Å². The van der Waals surface area contributed by atoms with Gasteiger partial charge in [0.05, 0.1) is 0 Å². The Hall–Kier alpha value is 0.670. The minimum Gasteiger partial charge on any atom is -0.300 e. The van der Waals surface area contributed by atoms with E-state index in [-0.39, 0.29) is 39.1 Å². The number of ketones is 1. The maximum absolute atomic E-state index is 9.44. The Morgan fingerprint density at radius 3 is 1.33 bits per heavy atom. The van der Waals surface area contributed by atoms with E-state index in [4.69, 9.17) is 0 Å². The summed E-state index contributed by atoms with van der Waals surface area (Å²) in [5, 5.41) is 0. The van der Waals surface area contributed by atoms with E-state index in [1.54, 1.807) is 0 Å². The third-order valence-electron chi connectivity index (χ3n) is 0. The minimum absolute atomic E-state index is 0. The van der Waals surface area contributed by atoms with Crippen molar-refractivity contribution in [1.82, 2.24) is 0 Å². The third kappa shape index (κ3) is 140. The fourth-order valence-electron chi connectivity index (χ4n) is 0. The molecule has 0 aromatic heterocycles. The number of hydrogen-bond acceptors (Lipinski definition) is 1. The molecule has 6 heavy (non-hydrogen) atoms. The van der Waals surface area contributed by atoms with Gasteiger partial charge in [0.1, 0.15) is 5.78 Å². The maximum Gasteiger partial charge on any atom is 0.126 e. The Bertz CT molecular complexity index is 33.8. The van der Waals surface area contributed by atoms with Crippen molar-refractivity contribution in [2.45, 2.75) is 13.8 Å².